The van der Waals surface area contributed by atoms with E-state index >= 15 is 0 Å². The lowest BCUT2D eigenvalue weighted by Gasteiger charge is -2.10. The van der Waals surface area contributed by atoms with Crippen LogP contribution in [0.2, 0.25) is 0 Å². The third-order valence-electron chi connectivity index (χ3n) is 2.56. The number of nitrogens with zero attached hydrogens (tertiary/aromatic N) is 2. The van der Waals surface area contributed by atoms with E-state index in [9.17, 15) is 0 Å². The molecule has 0 saturated heterocycles. The number of hydrogen-bond donors (Lipinski definition) is 1. The van der Waals surface area contributed by atoms with Crippen LogP contribution in [0.1, 0.15) is 18.5 Å². The van der Waals surface area contributed by atoms with E-state index < -0.39 is 0 Å². The monoisotopic (exact) mass is 245 g/mol. The van der Waals surface area contributed by atoms with E-state index in [1.807, 2.05) is 31.4 Å². The van der Waals surface area contributed by atoms with Crippen molar-refractivity contribution in [1.29, 1.82) is 0 Å². The van der Waals surface area contributed by atoms with Crippen LogP contribution >= 0.6 is 11.8 Å². The Morgan fingerprint density at radius 3 is 2.53 bits per heavy atom. The molecule has 2 heterocycles. The van der Waals surface area contributed by atoms with E-state index in [4.69, 9.17) is 0 Å². The molecule has 0 bridgehead atoms. The van der Waals surface area contributed by atoms with E-state index in [0.717, 1.165) is 9.92 Å². The molecule has 0 aliphatic carbocycles. The molecule has 0 aromatic carbocycles. The Labute approximate surface area is 106 Å². The maximum absolute atomic E-state index is 4.45. The van der Waals surface area contributed by atoms with Gasteiger partial charge >= 0.3 is 0 Å². The fraction of sp³-hybridized carbons (Fsp3) is 0.231. The third-order valence-corrected chi connectivity index (χ3v) is 3.52. The number of pyridine rings is 2. The lowest BCUT2D eigenvalue weighted by molar-refractivity contribution is 0.648. The summed E-state index contributed by atoms with van der Waals surface area (Å²) in [5, 5.41) is 4.20. The maximum atomic E-state index is 4.45. The summed E-state index contributed by atoms with van der Waals surface area (Å²) in [6.07, 6.45) is 5.50. The van der Waals surface area contributed by atoms with Crippen LogP contribution in [0.15, 0.2) is 52.8 Å². The molecular formula is C13H15N3S. The van der Waals surface area contributed by atoms with Crippen molar-refractivity contribution in [2.75, 3.05) is 7.05 Å². The topological polar surface area (TPSA) is 37.8 Å². The van der Waals surface area contributed by atoms with E-state index in [2.05, 4.69) is 28.3 Å². The zero-order valence-corrected chi connectivity index (χ0v) is 10.7. The largest absolute Gasteiger partial charge is 0.313 e. The molecule has 2 aromatic heterocycles. The normalized spacial score (nSPS) is 12.4. The van der Waals surface area contributed by atoms with Gasteiger partial charge in [0.2, 0.25) is 0 Å². The average Bonchev–Trinajstić information content (AvgIpc) is 2.40. The molecule has 4 heteroatoms. The Kier molecular flexibility index (Phi) is 4.12. The van der Waals surface area contributed by atoms with Crippen LogP contribution in [-0.4, -0.2) is 17.0 Å². The highest BCUT2D eigenvalue weighted by Gasteiger charge is 2.03. The van der Waals surface area contributed by atoms with Gasteiger partial charge < -0.3 is 5.32 Å². The van der Waals surface area contributed by atoms with Crippen LogP contribution < -0.4 is 5.32 Å². The van der Waals surface area contributed by atoms with E-state index in [-0.39, 0.29) is 0 Å². The summed E-state index contributed by atoms with van der Waals surface area (Å²) in [5.74, 6) is 0. The van der Waals surface area contributed by atoms with Gasteiger partial charge in [-0.25, -0.2) is 4.98 Å². The highest BCUT2D eigenvalue weighted by Crippen LogP contribution is 2.25. The first-order valence-electron chi connectivity index (χ1n) is 5.50. The second kappa shape index (κ2) is 5.80. The smallest absolute Gasteiger partial charge is 0.101 e. The summed E-state index contributed by atoms with van der Waals surface area (Å²) in [4.78, 5) is 9.59. The van der Waals surface area contributed by atoms with Crippen molar-refractivity contribution in [3.63, 3.8) is 0 Å². The SMILES string of the molecule is CNC(C)c1ccc(Sc2ccncc2)nc1. The van der Waals surface area contributed by atoms with Gasteiger partial charge in [-0.15, -0.1) is 0 Å². The molecule has 0 fully saturated rings. The third kappa shape index (κ3) is 3.28. The summed E-state index contributed by atoms with van der Waals surface area (Å²) in [6.45, 7) is 2.12. The zero-order chi connectivity index (χ0) is 12.1. The molecule has 0 aliphatic heterocycles. The van der Waals surface area contributed by atoms with Crippen molar-refractivity contribution in [2.24, 2.45) is 0 Å². The summed E-state index contributed by atoms with van der Waals surface area (Å²) in [7, 11) is 1.95. The van der Waals surface area contributed by atoms with Gasteiger partial charge in [-0.3, -0.25) is 4.98 Å². The average molecular weight is 245 g/mol. The predicted octanol–water partition coefficient (Wildman–Crippen LogP) is 2.91. The molecule has 3 nitrogen and oxygen atoms in total. The summed E-state index contributed by atoms with van der Waals surface area (Å²) >= 11 is 1.64. The number of aromatic nitrogens is 2. The molecule has 0 saturated carbocycles. The van der Waals surface area contributed by atoms with Crippen molar-refractivity contribution >= 4 is 11.8 Å². The molecule has 0 radical (unpaired) electrons. The van der Waals surface area contributed by atoms with Gasteiger partial charge in [0.1, 0.15) is 5.03 Å². The Hall–Kier alpha value is -1.39. The molecule has 2 aromatic rings. The van der Waals surface area contributed by atoms with Crippen LogP contribution in [-0.2, 0) is 0 Å². The van der Waals surface area contributed by atoms with Crippen LogP contribution in [0.5, 0.6) is 0 Å². The van der Waals surface area contributed by atoms with Gasteiger partial charge in [-0.2, -0.15) is 0 Å². The highest BCUT2D eigenvalue weighted by atomic mass is 32.2. The lowest BCUT2D eigenvalue weighted by Crippen LogP contribution is -2.12. The van der Waals surface area contributed by atoms with Gasteiger partial charge in [-0.05, 0) is 37.7 Å². The minimum atomic E-state index is 0.336. The van der Waals surface area contributed by atoms with Gasteiger partial charge in [0.15, 0.2) is 0 Å². The number of hydrogen-bond acceptors (Lipinski definition) is 4. The Morgan fingerprint density at radius 1 is 1.18 bits per heavy atom. The fourth-order valence-electron chi connectivity index (χ4n) is 1.40. The van der Waals surface area contributed by atoms with Crippen LogP contribution in [0.25, 0.3) is 0 Å². The first-order chi connectivity index (χ1) is 8.29. The van der Waals surface area contributed by atoms with Gasteiger partial charge in [-0.1, -0.05) is 17.8 Å². The molecule has 0 amide bonds. The van der Waals surface area contributed by atoms with Gasteiger partial charge in [0.05, 0.1) is 0 Å². The zero-order valence-electron chi connectivity index (χ0n) is 9.92. The second-order valence-corrected chi connectivity index (χ2v) is 4.82. The highest BCUT2D eigenvalue weighted by molar-refractivity contribution is 7.99. The molecule has 0 aliphatic rings. The summed E-state index contributed by atoms with van der Waals surface area (Å²) in [5.41, 5.74) is 1.20. The quantitative estimate of drug-likeness (QED) is 0.898. The Balaban J connectivity index is 2.08. The maximum Gasteiger partial charge on any atom is 0.101 e. The van der Waals surface area contributed by atoms with Gasteiger partial charge in [0, 0.05) is 29.5 Å². The minimum absolute atomic E-state index is 0.336. The van der Waals surface area contributed by atoms with Crippen molar-refractivity contribution < 1.29 is 0 Å². The van der Waals surface area contributed by atoms with Crippen molar-refractivity contribution in [2.45, 2.75) is 22.9 Å². The molecule has 1 N–H and O–H groups in total. The second-order valence-electron chi connectivity index (χ2n) is 3.73. The number of nitrogens with one attached hydrogen (secondary N) is 1. The van der Waals surface area contributed by atoms with Crippen LogP contribution in [0.4, 0.5) is 0 Å². The minimum Gasteiger partial charge on any atom is -0.313 e. The Bertz CT molecular complexity index is 456. The molecule has 88 valence electrons. The van der Waals surface area contributed by atoms with Crippen molar-refractivity contribution in [3.05, 3.63) is 48.4 Å². The Morgan fingerprint density at radius 2 is 1.94 bits per heavy atom. The van der Waals surface area contributed by atoms with Crippen LogP contribution in [0.3, 0.4) is 0 Å². The summed E-state index contributed by atoms with van der Waals surface area (Å²) in [6, 6.07) is 8.46. The van der Waals surface area contributed by atoms with Crippen molar-refractivity contribution in [3.8, 4) is 0 Å². The van der Waals surface area contributed by atoms with E-state index in [1.165, 1.54) is 5.56 Å². The number of rotatable bonds is 4. The van der Waals surface area contributed by atoms with Gasteiger partial charge in [0.25, 0.3) is 0 Å². The molecule has 0 spiro atoms. The van der Waals surface area contributed by atoms with Crippen LogP contribution in [0, 0.1) is 0 Å². The van der Waals surface area contributed by atoms with Crippen molar-refractivity contribution in [1.82, 2.24) is 15.3 Å². The van der Waals surface area contributed by atoms with E-state index in [1.54, 1.807) is 24.2 Å². The standard InChI is InChI=1S/C13H15N3S/c1-10(14-2)11-3-4-13(16-9-11)17-12-5-7-15-8-6-12/h3-10,14H,1-2H3. The van der Waals surface area contributed by atoms with E-state index in [0.29, 0.717) is 6.04 Å². The predicted molar refractivity (Wildman–Crippen MR) is 70.1 cm³/mol. The molecule has 1 unspecified atom stereocenters. The first-order valence-corrected chi connectivity index (χ1v) is 6.32. The molecule has 2 rings (SSSR count). The molecular weight excluding hydrogens is 230 g/mol. The first kappa shape index (κ1) is 12.1. The lowest BCUT2D eigenvalue weighted by atomic mass is 10.1. The molecule has 17 heavy (non-hydrogen) atoms. The summed E-state index contributed by atoms with van der Waals surface area (Å²) < 4.78 is 0. The molecule has 1 atom stereocenters. The fourth-order valence-corrected chi connectivity index (χ4v) is 2.14.